The van der Waals surface area contributed by atoms with E-state index in [1.807, 2.05) is 0 Å². The molecule has 0 aromatic heterocycles. The smallest absolute Gasteiger partial charge is 0.191 e. The van der Waals surface area contributed by atoms with Gasteiger partial charge in [0.2, 0.25) is 0 Å². The quantitative estimate of drug-likeness (QED) is 0.510. The largest absolute Gasteiger partial charge is 0.417 e. The second-order valence-corrected chi connectivity index (χ2v) is 10.4. The predicted octanol–water partition coefficient (Wildman–Crippen LogP) is 3.67. The minimum absolute atomic E-state index is 0.295. The normalized spacial score (nSPS) is 14.9. The van der Waals surface area contributed by atoms with Gasteiger partial charge in [0.1, 0.15) is 0 Å². The van der Waals surface area contributed by atoms with Crippen LogP contribution in [0.1, 0.15) is 34.1 Å². The minimum Gasteiger partial charge on any atom is -0.417 e. The van der Waals surface area contributed by atoms with Crippen LogP contribution in [0.3, 0.4) is 0 Å². The molecule has 0 saturated carbocycles. The molecule has 0 aliphatic rings. The lowest BCUT2D eigenvalue weighted by molar-refractivity contribution is 0.240. The van der Waals surface area contributed by atoms with Gasteiger partial charge in [-0.05, 0) is 24.1 Å². The molecule has 0 fully saturated rings. The van der Waals surface area contributed by atoms with Crippen molar-refractivity contribution in [3.05, 3.63) is 0 Å². The van der Waals surface area contributed by atoms with Gasteiger partial charge in [-0.2, -0.15) is 0 Å². The van der Waals surface area contributed by atoms with Gasteiger partial charge in [0.05, 0.1) is 0 Å². The van der Waals surface area contributed by atoms with Crippen LogP contribution in [0, 0.1) is 18.3 Å². The van der Waals surface area contributed by atoms with Crippen LogP contribution in [-0.2, 0) is 4.43 Å². The van der Waals surface area contributed by atoms with Crippen LogP contribution in [0.4, 0.5) is 0 Å². The van der Waals surface area contributed by atoms with E-state index in [0.717, 1.165) is 13.0 Å². The molecule has 1 nitrogen and oxygen atoms in total. The van der Waals surface area contributed by atoms with Crippen molar-refractivity contribution in [1.82, 2.24) is 0 Å². The lowest BCUT2D eigenvalue weighted by Gasteiger charge is -2.36. The van der Waals surface area contributed by atoms with E-state index in [2.05, 4.69) is 46.7 Å². The molecule has 82 valence electrons. The average Bonchev–Trinajstić information content (AvgIpc) is 1.99. The van der Waals surface area contributed by atoms with Crippen molar-refractivity contribution in [2.75, 3.05) is 6.61 Å². The molecule has 1 atom stereocenters. The lowest BCUT2D eigenvalue weighted by Crippen LogP contribution is -2.41. The SMILES string of the molecule is C#CC[C@@H](C)CO[Si](C)(C)C(C)(C)C. The summed E-state index contributed by atoms with van der Waals surface area (Å²) in [6, 6.07) is 0. The van der Waals surface area contributed by atoms with Crippen LogP contribution in [0.15, 0.2) is 0 Å². The molecule has 0 saturated heterocycles. The Balaban J connectivity index is 4.07. The first-order valence-corrected chi connectivity index (χ1v) is 8.19. The van der Waals surface area contributed by atoms with Gasteiger partial charge in [-0.3, -0.25) is 0 Å². The molecule has 2 heteroatoms. The third kappa shape index (κ3) is 4.30. The molecule has 0 radical (unpaired) electrons. The molecule has 0 unspecified atom stereocenters. The molecule has 0 amide bonds. The highest BCUT2D eigenvalue weighted by Gasteiger charge is 2.37. The van der Waals surface area contributed by atoms with Gasteiger partial charge in [-0.15, -0.1) is 12.3 Å². The van der Waals surface area contributed by atoms with E-state index in [0.29, 0.717) is 11.0 Å². The van der Waals surface area contributed by atoms with Crippen LogP contribution < -0.4 is 0 Å². The molecule has 0 heterocycles. The fourth-order valence-electron chi connectivity index (χ4n) is 0.827. The number of rotatable bonds is 4. The van der Waals surface area contributed by atoms with Crippen LogP contribution in [0.25, 0.3) is 0 Å². The number of terminal acetylenes is 1. The van der Waals surface area contributed by atoms with Gasteiger partial charge < -0.3 is 4.43 Å². The Morgan fingerprint density at radius 2 is 1.86 bits per heavy atom. The predicted molar refractivity (Wildman–Crippen MR) is 65.8 cm³/mol. The van der Waals surface area contributed by atoms with Crippen molar-refractivity contribution < 1.29 is 4.43 Å². The summed E-state index contributed by atoms with van der Waals surface area (Å²) < 4.78 is 6.05. The Morgan fingerprint density at radius 3 is 2.21 bits per heavy atom. The monoisotopic (exact) mass is 212 g/mol. The Labute approximate surface area is 90.4 Å². The van der Waals surface area contributed by atoms with Gasteiger partial charge in [0.15, 0.2) is 8.32 Å². The second kappa shape index (κ2) is 5.00. The van der Waals surface area contributed by atoms with Gasteiger partial charge in [-0.1, -0.05) is 27.7 Å². The standard InChI is InChI=1S/C12H24OSi/c1-8-9-11(2)10-13-14(6,7)12(3,4)5/h1,11H,9-10H2,2-7H3/t11-/m1/s1. The zero-order valence-corrected chi connectivity index (χ0v) is 11.5. The van der Waals surface area contributed by atoms with Crippen LogP contribution >= 0.6 is 0 Å². The zero-order valence-electron chi connectivity index (χ0n) is 10.5. The Hall–Kier alpha value is -0.263. The van der Waals surface area contributed by atoms with Crippen molar-refractivity contribution in [2.24, 2.45) is 5.92 Å². The number of hydrogen-bond donors (Lipinski definition) is 0. The summed E-state index contributed by atoms with van der Waals surface area (Å²) in [6.45, 7) is 14.3. The summed E-state index contributed by atoms with van der Waals surface area (Å²) in [5.74, 6) is 3.16. The zero-order chi connectivity index (χ0) is 11.4. The first-order chi connectivity index (χ1) is 6.20. The molecule has 0 aliphatic carbocycles. The minimum atomic E-state index is -1.57. The first kappa shape index (κ1) is 13.7. The van der Waals surface area contributed by atoms with E-state index in [1.165, 1.54) is 0 Å². The molecule has 0 spiro atoms. The molecule has 14 heavy (non-hydrogen) atoms. The highest BCUT2D eigenvalue weighted by molar-refractivity contribution is 6.74. The van der Waals surface area contributed by atoms with Crippen LogP contribution in [0.5, 0.6) is 0 Å². The maximum atomic E-state index is 6.05. The van der Waals surface area contributed by atoms with E-state index in [4.69, 9.17) is 10.8 Å². The summed E-state index contributed by atoms with van der Waals surface area (Å²) in [6.07, 6.45) is 6.07. The third-order valence-corrected chi connectivity index (χ3v) is 7.50. The highest BCUT2D eigenvalue weighted by Crippen LogP contribution is 2.36. The van der Waals surface area contributed by atoms with E-state index < -0.39 is 8.32 Å². The third-order valence-electron chi connectivity index (χ3n) is 3.00. The van der Waals surface area contributed by atoms with E-state index in [-0.39, 0.29) is 0 Å². The highest BCUT2D eigenvalue weighted by atomic mass is 28.4. The van der Waals surface area contributed by atoms with Gasteiger partial charge in [0.25, 0.3) is 0 Å². The summed E-state index contributed by atoms with van der Waals surface area (Å²) >= 11 is 0. The summed E-state index contributed by atoms with van der Waals surface area (Å²) in [4.78, 5) is 0. The first-order valence-electron chi connectivity index (χ1n) is 5.28. The van der Waals surface area contributed by atoms with Crippen molar-refractivity contribution in [3.8, 4) is 12.3 Å². The maximum Gasteiger partial charge on any atom is 0.191 e. The average molecular weight is 212 g/mol. The topological polar surface area (TPSA) is 9.23 Å². The fraction of sp³-hybridized carbons (Fsp3) is 0.833. The van der Waals surface area contributed by atoms with Crippen molar-refractivity contribution in [3.63, 3.8) is 0 Å². The van der Waals surface area contributed by atoms with Crippen molar-refractivity contribution in [2.45, 2.75) is 52.2 Å². The molecular formula is C12H24OSi. The van der Waals surface area contributed by atoms with E-state index in [1.54, 1.807) is 0 Å². The maximum absolute atomic E-state index is 6.05. The molecule has 0 rings (SSSR count). The molecular weight excluding hydrogens is 188 g/mol. The van der Waals surface area contributed by atoms with Crippen LogP contribution in [-0.4, -0.2) is 14.9 Å². The van der Waals surface area contributed by atoms with Gasteiger partial charge in [0, 0.05) is 13.0 Å². The Bertz CT molecular complexity index is 207. The molecule has 0 aliphatic heterocycles. The molecule has 0 N–H and O–H groups in total. The van der Waals surface area contributed by atoms with Gasteiger partial charge >= 0.3 is 0 Å². The fourth-order valence-corrected chi connectivity index (χ4v) is 1.96. The molecule has 0 aromatic rings. The van der Waals surface area contributed by atoms with Gasteiger partial charge in [-0.25, -0.2) is 0 Å². The lowest BCUT2D eigenvalue weighted by atomic mass is 10.1. The summed E-state index contributed by atoms with van der Waals surface area (Å²) in [5.41, 5.74) is 0. The van der Waals surface area contributed by atoms with E-state index in [9.17, 15) is 0 Å². The van der Waals surface area contributed by atoms with Crippen molar-refractivity contribution in [1.29, 1.82) is 0 Å². The van der Waals surface area contributed by atoms with Crippen LogP contribution in [0.2, 0.25) is 18.1 Å². The summed E-state index contributed by atoms with van der Waals surface area (Å²) in [5, 5.41) is 0.295. The Kier molecular flexibility index (Phi) is 4.90. The summed E-state index contributed by atoms with van der Waals surface area (Å²) in [7, 11) is -1.57. The second-order valence-electron chi connectivity index (χ2n) is 5.58. The van der Waals surface area contributed by atoms with Crippen molar-refractivity contribution >= 4 is 8.32 Å². The van der Waals surface area contributed by atoms with E-state index >= 15 is 0 Å². The molecule has 0 bridgehead atoms. The number of hydrogen-bond acceptors (Lipinski definition) is 1. The Morgan fingerprint density at radius 1 is 1.36 bits per heavy atom. The molecule has 0 aromatic carbocycles.